The number of amidine groups is 1. The van der Waals surface area contributed by atoms with Gasteiger partial charge in [-0.3, -0.25) is 4.79 Å². The fraction of sp³-hybridized carbons (Fsp3) is 0.263. The zero-order chi connectivity index (χ0) is 18.1. The zero-order valence-electron chi connectivity index (χ0n) is 14.0. The Kier molecular flexibility index (Phi) is 4.58. The lowest BCUT2D eigenvalue weighted by Crippen LogP contribution is -2.37. The van der Waals surface area contributed by atoms with E-state index in [1.165, 1.54) is 11.8 Å². The van der Waals surface area contributed by atoms with E-state index in [0.29, 0.717) is 17.3 Å². The zero-order valence-corrected chi connectivity index (χ0v) is 15.6. The van der Waals surface area contributed by atoms with Gasteiger partial charge in [-0.2, -0.15) is 4.99 Å². The van der Waals surface area contributed by atoms with Gasteiger partial charge >= 0.3 is 0 Å². The van der Waals surface area contributed by atoms with Crippen molar-refractivity contribution in [3.63, 3.8) is 0 Å². The van der Waals surface area contributed by atoms with Crippen LogP contribution in [-0.4, -0.2) is 47.2 Å². The second-order valence-corrected chi connectivity index (χ2v) is 9.84. The van der Waals surface area contributed by atoms with Gasteiger partial charge in [0.25, 0.3) is 5.91 Å². The summed E-state index contributed by atoms with van der Waals surface area (Å²) in [6, 6.07) is 18.6. The van der Waals surface area contributed by atoms with Crippen LogP contribution in [0.3, 0.4) is 0 Å². The number of aliphatic imine (C=N–C) groups is 1. The SMILES string of the molecule is O=C(N=C1S[C@H]2CS(=O)(=O)C[C@@H]2N1Cc1ccccc1)c1ccccc1. The Balaban J connectivity index is 1.64. The van der Waals surface area contributed by atoms with E-state index in [0.717, 1.165) is 5.56 Å². The molecule has 1 amide bonds. The van der Waals surface area contributed by atoms with Gasteiger partial charge in [-0.25, -0.2) is 8.42 Å². The Morgan fingerprint density at radius 2 is 1.69 bits per heavy atom. The number of benzene rings is 2. The van der Waals surface area contributed by atoms with Crippen molar-refractivity contribution in [2.24, 2.45) is 4.99 Å². The van der Waals surface area contributed by atoms with Crippen molar-refractivity contribution in [3.05, 3.63) is 71.8 Å². The van der Waals surface area contributed by atoms with E-state index in [4.69, 9.17) is 0 Å². The first-order chi connectivity index (χ1) is 12.5. The van der Waals surface area contributed by atoms with E-state index in [9.17, 15) is 13.2 Å². The molecule has 2 aliphatic rings. The summed E-state index contributed by atoms with van der Waals surface area (Å²) in [4.78, 5) is 18.8. The maximum Gasteiger partial charge on any atom is 0.279 e. The second kappa shape index (κ2) is 6.89. The van der Waals surface area contributed by atoms with Gasteiger partial charge < -0.3 is 4.90 Å². The molecule has 2 atom stereocenters. The van der Waals surface area contributed by atoms with E-state index < -0.39 is 9.84 Å². The molecule has 2 saturated heterocycles. The largest absolute Gasteiger partial charge is 0.342 e. The Hall–Kier alpha value is -2.12. The molecule has 5 nitrogen and oxygen atoms in total. The standard InChI is InChI=1S/C19H18N2O3S2/c22-18(15-9-5-2-6-10-15)20-19-21(11-14-7-3-1-4-8-14)16-12-26(23,24)13-17(16)25-19/h1-10,16-17H,11-13H2/t16-,17-/m0/s1. The minimum absolute atomic E-state index is 0.0639. The summed E-state index contributed by atoms with van der Waals surface area (Å²) in [5, 5.41) is 0.554. The molecule has 0 N–H and O–H groups in total. The van der Waals surface area contributed by atoms with Crippen molar-refractivity contribution < 1.29 is 13.2 Å². The quantitative estimate of drug-likeness (QED) is 0.811. The highest BCUT2D eigenvalue weighted by Gasteiger charge is 2.48. The summed E-state index contributed by atoms with van der Waals surface area (Å²) in [5.74, 6) is -0.0311. The smallest absolute Gasteiger partial charge is 0.279 e. The predicted molar refractivity (Wildman–Crippen MR) is 104 cm³/mol. The van der Waals surface area contributed by atoms with Gasteiger partial charge in [0.15, 0.2) is 15.0 Å². The number of amides is 1. The lowest BCUT2D eigenvalue weighted by molar-refractivity contribution is 0.100. The summed E-state index contributed by atoms with van der Waals surface area (Å²) in [5.41, 5.74) is 1.60. The molecule has 134 valence electrons. The van der Waals surface area contributed by atoms with Crippen LogP contribution in [0.5, 0.6) is 0 Å². The third kappa shape index (κ3) is 3.54. The summed E-state index contributed by atoms with van der Waals surface area (Å²) in [7, 11) is -3.04. The van der Waals surface area contributed by atoms with Crippen LogP contribution >= 0.6 is 11.8 Å². The molecule has 2 aliphatic heterocycles. The van der Waals surface area contributed by atoms with Gasteiger partial charge in [-0.05, 0) is 17.7 Å². The van der Waals surface area contributed by atoms with Crippen LogP contribution in [0, 0.1) is 0 Å². The van der Waals surface area contributed by atoms with Crippen molar-refractivity contribution >= 4 is 32.7 Å². The first-order valence-electron chi connectivity index (χ1n) is 8.37. The molecule has 0 spiro atoms. The number of hydrogen-bond donors (Lipinski definition) is 0. The molecule has 0 bridgehead atoms. The summed E-state index contributed by atoms with van der Waals surface area (Å²) in [6.07, 6.45) is 0. The molecule has 0 aromatic heterocycles. The molecule has 0 radical (unpaired) electrons. The molecule has 0 unspecified atom stereocenters. The van der Waals surface area contributed by atoms with Crippen molar-refractivity contribution in [1.82, 2.24) is 4.90 Å². The molecular formula is C19H18N2O3S2. The third-order valence-corrected chi connectivity index (χ3v) is 7.84. The van der Waals surface area contributed by atoms with Crippen molar-refractivity contribution in [2.75, 3.05) is 11.5 Å². The Morgan fingerprint density at radius 3 is 2.38 bits per heavy atom. The first kappa shape index (κ1) is 17.3. The van der Waals surface area contributed by atoms with Crippen LogP contribution in [-0.2, 0) is 16.4 Å². The predicted octanol–water partition coefficient (Wildman–Crippen LogP) is 2.60. The van der Waals surface area contributed by atoms with Crippen LogP contribution < -0.4 is 0 Å². The lowest BCUT2D eigenvalue weighted by atomic mass is 10.1. The summed E-state index contributed by atoms with van der Waals surface area (Å²) in [6.45, 7) is 0.547. The fourth-order valence-corrected chi connectivity index (χ4v) is 7.28. The Morgan fingerprint density at radius 1 is 1.04 bits per heavy atom. The van der Waals surface area contributed by atoms with Crippen LogP contribution in [0.25, 0.3) is 0 Å². The third-order valence-electron chi connectivity index (χ3n) is 4.59. The van der Waals surface area contributed by atoms with Gasteiger partial charge in [-0.15, -0.1) is 0 Å². The number of sulfone groups is 1. The Labute approximate surface area is 157 Å². The van der Waals surface area contributed by atoms with Crippen LogP contribution in [0.2, 0.25) is 0 Å². The lowest BCUT2D eigenvalue weighted by Gasteiger charge is -2.24. The van der Waals surface area contributed by atoms with E-state index in [1.807, 2.05) is 41.3 Å². The maximum atomic E-state index is 12.5. The highest BCUT2D eigenvalue weighted by molar-refractivity contribution is 8.15. The van der Waals surface area contributed by atoms with Gasteiger partial charge in [0, 0.05) is 17.4 Å². The van der Waals surface area contributed by atoms with Gasteiger partial charge in [0.05, 0.1) is 17.5 Å². The van der Waals surface area contributed by atoms with E-state index in [-0.39, 0.29) is 28.7 Å². The number of thioether (sulfide) groups is 1. The Bertz CT molecular complexity index is 943. The highest BCUT2D eigenvalue weighted by Crippen LogP contribution is 2.39. The number of nitrogens with zero attached hydrogens (tertiary/aromatic N) is 2. The van der Waals surface area contributed by atoms with Crippen LogP contribution in [0.15, 0.2) is 65.7 Å². The number of hydrogen-bond acceptors (Lipinski definition) is 4. The molecule has 7 heteroatoms. The molecule has 4 rings (SSSR count). The van der Waals surface area contributed by atoms with Gasteiger partial charge in [-0.1, -0.05) is 60.3 Å². The van der Waals surface area contributed by atoms with Crippen molar-refractivity contribution in [2.45, 2.75) is 17.8 Å². The monoisotopic (exact) mass is 386 g/mol. The van der Waals surface area contributed by atoms with Crippen LogP contribution in [0.1, 0.15) is 15.9 Å². The molecule has 26 heavy (non-hydrogen) atoms. The number of fused-ring (bicyclic) bond motifs is 1. The average molecular weight is 386 g/mol. The number of carbonyl (C=O) groups excluding carboxylic acids is 1. The van der Waals surface area contributed by atoms with Gasteiger partial charge in [0.2, 0.25) is 0 Å². The number of carbonyl (C=O) groups is 1. The minimum Gasteiger partial charge on any atom is -0.342 e. The molecule has 2 aromatic carbocycles. The van der Waals surface area contributed by atoms with Crippen molar-refractivity contribution in [3.8, 4) is 0 Å². The van der Waals surface area contributed by atoms with E-state index >= 15 is 0 Å². The van der Waals surface area contributed by atoms with Crippen molar-refractivity contribution in [1.29, 1.82) is 0 Å². The topological polar surface area (TPSA) is 66.8 Å². The minimum atomic E-state index is -3.04. The molecule has 0 saturated carbocycles. The first-order valence-corrected chi connectivity index (χ1v) is 11.1. The van der Waals surface area contributed by atoms with Gasteiger partial charge in [0.1, 0.15) is 0 Å². The summed E-state index contributed by atoms with van der Waals surface area (Å²) < 4.78 is 24.1. The summed E-state index contributed by atoms with van der Waals surface area (Å²) >= 11 is 1.41. The maximum absolute atomic E-state index is 12.5. The molecule has 2 heterocycles. The van der Waals surface area contributed by atoms with E-state index in [1.54, 1.807) is 24.3 Å². The molecule has 0 aliphatic carbocycles. The highest BCUT2D eigenvalue weighted by atomic mass is 32.2. The molecule has 2 aromatic rings. The fourth-order valence-electron chi connectivity index (χ4n) is 3.33. The average Bonchev–Trinajstić information content (AvgIpc) is 3.09. The van der Waals surface area contributed by atoms with E-state index in [2.05, 4.69) is 4.99 Å². The second-order valence-electron chi connectivity index (χ2n) is 6.48. The molecule has 2 fully saturated rings. The van der Waals surface area contributed by atoms with Crippen LogP contribution in [0.4, 0.5) is 0 Å². The normalized spacial score (nSPS) is 25.4. The number of rotatable bonds is 3. The molecular weight excluding hydrogens is 368 g/mol.